The van der Waals surface area contributed by atoms with Crippen LogP contribution in [-0.2, 0) is 0 Å². The molecule has 6 N–H and O–H groups in total. The fourth-order valence-electron chi connectivity index (χ4n) is 3.33. The van der Waals surface area contributed by atoms with E-state index in [4.69, 9.17) is 11.6 Å². The van der Waals surface area contributed by atoms with Crippen LogP contribution >= 0.6 is 0 Å². The van der Waals surface area contributed by atoms with Crippen molar-refractivity contribution in [3.05, 3.63) is 47.2 Å². The molecule has 0 aromatic carbocycles. The average molecular weight is 369 g/mol. The van der Waals surface area contributed by atoms with E-state index in [1.165, 1.54) is 30.7 Å². The maximum atomic E-state index is 9.66. The average Bonchev–Trinajstić information content (AvgIpc) is 3.19. The van der Waals surface area contributed by atoms with Gasteiger partial charge in [-0.05, 0) is 38.0 Å². The highest BCUT2D eigenvalue weighted by atomic mass is 16.3. The molecule has 0 atom stereocenters. The number of hydrogen-bond acceptors (Lipinski definition) is 8. The smallest absolute Gasteiger partial charge is 0.223 e. The van der Waals surface area contributed by atoms with E-state index in [9.17, 15) is 5.11 Å². The summed E-state index contributed by atoms with van der Waals surface area (Å²) in [7, 11) is 1.72. The third kappa shape index (κ3) is 4.46. The number of aromatic hydroxyl groups is 1. The van der Waals surface area contributed by atoms with Gasteiger partial charge in [0, 0.05) is 24.9 Å². The first-order valence-corrected chi connectivity index (χ1v) is 9.16. The molecular weight excluding hydrogens is 342 g/mol. The number of anilines is 1. The van der Waals surface area contributed by atoms with Crippen LogP contribution < -0.4 is 16.9 Å². The fraction of sp³-hybridized carbons (Fsp3) is 0.421. The Morgan fingerprint density at radius 2 is 2.00 bits per heavy atom. The maximum absolute atomic E-state index is 9.66. The third-order valence-electron chi connectivity index (χ3n) is 4.94. The minimum absolute atomic E-state index is 0.129. The van der Waals surface area contributed by atoms with Gasteiger partial charge in [-0.3, -0.25) is 0 Å². The number of hydrazine groups is 1. The van der Waals surface area contributed by atoms with Crippen LogP contribution in [-0.4, -0.2) is 38.7 Å². The second-order valence-corrected chi connectivity index (χ2v) is 6.91. The molecule has 8 nitrogen and oxygen atoms in total. The predicted octanol–water partition coefficient (Wildman–Crippen LogP) is 2.09. The van der Waals surface area contributed by atoms with Gasteiger partial charge < -0.3 is 21.2 Å². The lowest BCUT2D eigenvalue weighted by Crippen LogP contribution is -2.32. The Bertz CT molecular complexity index is 829. The largest absolute Gasteiger partial charge is 0.506 e. The summed E-state index contributed by atoms with van der Waals surface area (Å²) in [5.41, 5.74) is 9.52. The fourth-order valence-corrected chi connectivity index (χ4v) is 3.33. The van der Waals surface area contributed by atoms with Crippen molar-refractivity contribution in [2.45, 2.75) is 38.5 Å². The molecule has 0 saturated heterocycles. The van der Waals surface area contributed by atoms with Crippen LogP contribution in [0, 0.1) is 6.92 Å². The van der Waals surface area contributed by atoms with E-state index in [0.29, 0.717) is 41.2 Å². The number of nitrogens with two attached hydrogens (primary N) is 2. The van der Waals surface area contributed by atoms with Crippen LogP contribution in [0.25, 0.3) is 5.70 Å². The van der Waals surface area contributed by atoms with E-state index in [0.717, 1.165) is 5.69 Å². The number of pyridine rings is 1. The Balaban J connectivity index is 1.78. The van der Waals surface area contributed by atoms with Crippen molar-refractivity contribution in [1.29, 1.82) is 0 Å². The summed E-state index contributed by atoms with van der Waals surface area (Å²) in [4.78, 5) is 13.3. The van der Waals surface area contributed by atoms with Gasteiger partial charge in [-0.2, -0.15) is 0 Å². The summed E-state index contributed by atoms with van der Waals surface area (Å²) in [6.07, 6.45) is 6.68. The molecule has 0 spiro atoms. The van der Waals surface area contributed by atoms with Crippen LogP contribution in [0.5, 0.6) is 5.75 Å². The molecule has 1 saturated carbocycles. The first kappa shape index (κ1) is 18.9. The molecule has 1 fully saturated rings. The number of aromatic nitrogens is 3. The van der Waals surface area contributed by atoms with E-state index in [1.54, 1.807) is 32.3 Å². The quantitative estimate of drug-likeness (QED) is 0.450. The van der Waals surface area contributed by atoms with Gasteiger partial charge in [0.2, 0.25) is 5.95 Å². The summed E-state index contributed by atoms with van der Waals surface area (Å²) in [6, 6.07) is 5.23. The molecule has 0 bridgehead atoms. The Kier molecular flexibility index (Phi) is 5.75. The molecule has 0 radical (unpaired) electrons. The highest BCUT2D eigenvalue weighted by Crippen LogP contribution is 2.33. The first-order valence-electron chi connectivity index (χ1n) is 9.16. The highest BCUT2D eigenvalue weighted by Gasteiger charge is 2.19. The Morgan fingerprint density at radius 1 is 1.26 bits per heavy atom. The molecule has 1 aliphatic rings. The van der Waals surface area contributed by atoms with Gasteiger partial charge in [0.25, 0.3) is 0 Å². The second-order valence-electron chi connectivity index (χ2n) is 6.91. The molecule has 3 rings (SSSR count). The normalized spacial score (nSPS) is 15.5. The summed E-state index contributed by atoms with van der Waals surface area (Å²) in [6.45, 7) is 2.08. The van der Waals surface area contributed by atoms with Gasteiger partial charge in [-0.1, -0.05) is 12.8 Å². The monoisotopic (exact) mass is 369 g/mol. The van der Waals surface area contributed by atoms with E-state index in [-0.39, 0.29) is 5.75 Å². The lowest BCUT2D eigenvalue weighted by Gasteiger charge is -2.20. The summed E-state index contributed by atoms with van der Waals surface area (Å²) in [5, 5.41) is 14.3. The molecule has 2 aromatic rings. The molecule has 0 amide bonds. The summed E-state index contributed by atoms with van der Waals surface area (Å²) >= 11 is 0. The van der Waals surface area contributed by atoms with Gasteiger partial charge in [-0.25, -0.2) is 20.8 Å². The van der Waals surface area contributed by atoms with Gasteiger partial charge in [-0.15, -0.1) is 0 Å². The number of rotatable bonds is 6. The van der Waals surface area contributed by atoms with Gasteiger partial charge in [0.1, 0.15) is 5.75 Å². The Hall–Kier alpha value is -2.87. The van der Waals surface area contributed by atoms with Crippen molar-refractivity contribution in [3.8, 4) is 5.75 Å². The zero-order chi connectivity index (χ0) is 19.4. The minimum atomic E-state index is 0.129. The van der Waals surface area contributed by atoms with E-state index in [2.05, 4.69) is 20.3 Å². The third-order valence-corrected chi connectivity index (χ3v) is 4.94. The van der Waals surface area contributed by atoms with Crippen LogP contribution in [0.15, 0.2) is 30.1 Å². The van der Waals surface area contributed by atoms with Crippen LogP contribution in [0.1, 0.15) is 48.7 Å². The lowest BCUT2D eigenvalue weighted by atomic mass is 10.0. The first-order chi connectivity index (χ1) is 13.0. The molecule has 0 aliphatic heterocycles. The number of aryl methyl sites for hydroxylation is 1. The molecule has 1 aliphatic carbocycles. The molecule has 27 heavy (non-hydrogen) atoms. The standard InChI is InChI=1S/C19H27N7O/c1-12-17(27)8-7-15(24-12)18(20)16(26(2)21)11-23-19-22-10-9-14(25-19)13-5-3-4-6-13/h7-10,13,27H,3-6,11,20-21H2,1-2H3,(H,22,23,25)/b18-16-. The van der Waals surface area contributed by atoms with E-state index >= 15 is 0 Å². The van der Waals surface area contributed by atoms with Crippen molar-refractivity contribution in [1.82, 2.24) is 20.0 Å². The number of nitrogens with zero attached hydrogens (tertiary/aromatic N) is 4. The number of nitrogens with one attached hydrogen (secondary N) is 1. The lowest BCUT2D eigenvalue weighted by molar-refractivity contribution is 0.437. The maximum Gasteiger partial charge on any atom is 0.223 e. The summed E-state index contributed by atoms with van der Waals surface area (Å²) < 4.78 is 0. The molecule has 2 aromatic heterocycles. The molecule has 0 unspecified atom stereocenters. The summed E-state index contributed by atoms with van der Waals surface area (Å²) in [5.74, 6) is 7.18. The molecule has 8 heteroatoms. The van der Waals surface area contributed by atoms with Gasteiger partial charge in [0.05, 0.1) is 29.3 Å². The van der Waals surface area contributed by atoms with Crippen molar-refractivity contribution in [3.63, 3.8) is 0 Å². The molecule has 144 valence electrons. The SMILES string of the molecule is Cc1nc(/C(N)=C(\CNc2nccc(C3CCCC3)n2)N(C)N)ccc1O. The van der Waals surface area contributed by atoms with E-state index < -0.39 is 0 Å². The zero-order valence-electron chi connectivity index (χ0n) is 15.8. The Labute approximate surface area is 159 Å². The van der Waals surface area contributed by atoms with Crippen LogP contribution in [0.4, 0.5) is 5.95 Å². The minimum Gasteiger partial charge on any atom is -0.506 e. The molecule has 2 heterocycles. The van der Waals surface area contributed by atoms with Crippen LogP contribution in [0.3, 0.4) is 0 Å². The zero-order valence-corrected chi connectivity index (χ0v) is 15.8. The van der Waals surface area contributed by atoms with Crippen molar-refractivity contribution in [2.24, 2.45) is 11.6 Å². The van der Waals surface area contributed by atoms with Gasteiger partial charge >= 0.3 is 0 Å². The Morgan fingerprint density at radius 3 is 2.67 bits per heavy atom. The van der Waals surface area contributed by atoms with Gasteiger partial charge in [0.15, 0.2) is 0 Å². The van der Waals surface area contributed by atoms with Crippen LogP contribution in [0.2, 0.25) is 0 Å². The number of likely N-dealkylation sites (N-methyl/N-ethyl adjacent to an activating group) is 1. The highest BCUT2D eigenvalue weighted by molar-refractivity contribution is 5.64. The van der Waals surface area contributed by atoms with E-state index in [1.807, 2.05) is 6.07 Å². The second kappa shape index (κ2) is 8.22. The van der Waals surface area contributed by atoms with Crippen molar-refractivity contribution in [2.75, 3.05) is 18.9 Å². The van der Waals surface area contributed by atoms with Crippen molar-refractivity contribution >= 4 is 11.6 Å². The molecular formula is C19H27N7O. The predicted molar refractivity (Wildman–Crippen MR) is 105 cm³/mol. The number of hydrogen-bond donors (Lipinski definition) is 4. The topological polar surface area (TPSA) is 126 Å². The van der Waals surface area contributed by atoms with Crippen molar-refractivity contribution < 1.29 is 5.11 Å².